The Bertz CT molecular complexity index is 684. The van der Waals surface area contributed by atoms with Crippen molar-refractivity contribution < 1.29 is 4.79 Å². The lowest BCUT2D eigenvalue weighted by atomic mass is 10.1. The van der Waals surface area contributed by atoms with Crippen LogP contribution in [-0.4, -0.2) is 60.1 Å². The summed E-state index contributed by atoms with van der Waals surface area (Å²) in [6.07, 6.45) is 3.93. The maximum atomic E-state index is 12.4. The summed E-state index contributed by atoms with van der Waals surface area (Å²) in [5.41, 5.74) is 1.07. The van der Waals surface area contributed by atoms with Crippen LogP contribution in [0.25, 0.3) is 0 Å². The smallest absolute Gasteiger partial charge is 0.247 e. The van der Waals surface area contributed by atoms with Crippen LogP contribution in [0.1, 0.15) is 31.9 Å². The largest absolute Gasteiger partial charge is 0.357 e. The number of nitrogens with zero attached hydrogens (tertiary/aromatic N) is 4. The number of anilines is 1. The lowest BCUT2D eigenvalue weighted by Crippen LogP contribution is -2.65. The van der Waals surface area contributed by atoms with E-state index < -0.39 is 0 Å². The number of carbonyl (C=O) groups excluding carboxylic acids is 1. The molecule has 0 aromatic carbocycles. The van der Waals surface area contributed by atoms with Gasteiger partial charge in [0.2, 0.25) is 5.91 Å². The highest BCUT2D eigenvalue weighted by Crippen LogP contribution is 2.20. The fourth-order valence-electron chi connectivity index (χ4n) is 3.90. The van der Waals surface area contributed by atoms with Gasteiger partial charge in [-0.25, -0.2) is 4.98 Å². The van der Waals surface area contributed by atoms with E-state index in [4.69, 9.17) is 4.98 Å². The first-order chi connectivity index (χ1) is 12.1. The standard InChI is InChI=1S/C18H26N6O/c1-12-19-17-16(23(12)2)18(25)22-14(21-17)9-8-13-6-5-7-15(20-13)24-10-3-4-11-24/h5-7,14,16-17,21H,3-4,8-11H2,1-2H3,(H,22,25). The first kappa shape index (κ1) is 16.3. The predicted molar refractivity (Wildman–Crippen MR) is 97.5 cm³/mol. The Kier molecular flexibility index (Phi) is 4.33. The van der Waals surface area contributed by atoms with Crippen molar-refractivity contribution >= 4 is 17.6 Å². The molecule has 4 rings (SSSR count). The van der Waals surface area contributed by atoms with Crippen LogP contribution in [0.4, 0.5) is 5.82 Å². The minimum atomic E-state index is -0.229. The molecule has 7 nitrogen and oxygen atoms in total. The Morgan fingerprint density at radius 2 is 2.08 bits per heavy atom. The molecule has 1 aromatic rings. The number of aromatic nitrogens is 1. The summed E-state index contributed by atoms with van der Waals surface area (Å²) in [4.78, 5) is 26.0. The number of fused-ring (bicyclic) bond motifs is 1. The molecule has 0 spiro atoms. The van der Waals surface area contributed by atoms with Crippen LogP contribution in [0.5, 0.6) is 0 Å². The SMILES string of the molecule is CC1=NC2NC(CCc3cccc(N4CCCC4)n3)NC(=O)C2N1C. The average molecular weight is 342 g/mol. The topological polar surface area (TPSA) is 72.9 Å². The summed E-state index contributed by atoms with van der Waals surface area (Å²) in [6, 6.07) is 6.01. The van der Waals surface area contributed by atoms with Gasteiger partial charge < -0.3 is 15.1 Å². The summed E-state index contributed by atoms with van der Waals surface area (Å²) in [5.74, 6) is 2.03. The Morgan fingerprint density at radius 3 is 2.88 bits per heavy atom. The molecular weight excluding hydrogens is 316 g/mol. The zero-order valence-corrected chi connectivity index (χ0v) is 14.9. The molecule has 2 fully saturated rings. The van der Waals surface area contributed by atoms with E-state index in [1.165, 1.54) is 12.8 Å². The van der Waals surface area contributed by atoms with Gasteiger partial charge in [0.15, 0.2) is 0 Å². The number of amidine groups is 1. The molecule has 4 heterocycles. The molecule has 0 bridgehead atoms. The first-order valence-corrected chi connectivity index (χ1v) is 9.16. The van der Waals surface area contributed by atoms with Gasteiger partial charge in [-0.15, -0.1) is 0 Å². The van der Waals surface area contributed by atoms with E-state index in [1.807, 2.05) is 18.9 Å². The van der Waals surface area contributed by atoms with Crippen molar-refractivity contribution in [1.82, 2.24) is 20.5 Å². The minimum Gasteiger partial charge on any atom is -0.357 e. The van der Waals surface area contributed by atoms with Gasteiger partial charge in [-0.2, -0.15) is 0 Å². The second-order valence-electron chi connectivity index (χ2n) is 7.12. The van der Waals surface area contributed by atoms with E-state index in [0.717, 1.165) is 43.3 Å². The van der Waals surface area contributed by atoms with Gasteiger partial charge in [-0.1, -0.05) is 6.07 Å². The zero-order chi connectivity index (χ0) is 17.4. The highest BCUT2D eigenvalue weighted by atomic mass is 16.2. The third-order valence-electron chi connectivity index (χ3n) is 5.42. The number of carbonyl (C=O) groups is 1. The zero-order valence-electron chi connectivity index (χ0n) is 14.9. The van der Waals surface area contributed by atoms with E-state index in [2.05, 4.69) is 38.7 Å². The van der Waals surface area contributed by atoms with Crippen molar-refractivity contribution in [3.63, 3.8) is 0 Å². The normalized spacial score (nSPS) is 28.8. The van der Waals surface area contributed by atoms with Gasteiger partial charge in [0, 0.05) is 25.8 Å². The van der Waals surface area contributed by atoms with Crippen molar-refractivity contribution in [3.8, 4) is 0 Å². The Balaban J connectivity index is 1.37. The Morgan fingerprint density at radius 1 is 1.28 bits per heavy atom. The van der Waals surface area contributed by atoms with Crippen LogP contribution in [0.3, 0.4) is 0 Å². The molecular formula is C18H26N6O. The number of aliphatic imine (C=N–C) groups is 1. The Hall–Kier alpha value is -2.15. The van der Waals surface area contributed by atoms with Crippen LogP contribution in [0, 0.1) is 0 Å². The average Bonchev–Trinajstić information content (AvgIpc) is 3.23. The molecule has 3 aliphatic rings. The van der Waals surface area contributed by atoms with Crippen LogP contribution in [0.15, 0.2) is 23.2 Å². The number of hydrogen-bond acceptors (Lipinski definition) is 6. The maximum Gasteiger partial charge on any atom is 0.247 e. The number of nitrogens with one attached hydrogen (secondary N) is 2. The number of likely N-dealkylation sites (N-methyl/N-ethyl adjacent to an activating group) is 1. The quantitative estimate of drug-likeness (QED) is 0.843. The van der Waals surface area contributed by atoms with Crippen molar-refractivity contribution in [3.05, 3.63) is 23.9 Å². The van der Waals surface area contributed by atoms with E-state index >= 15 is 0 Å². The van der Waals surface area contributed by atoms with Gasteiger partial charge in [-0.3, -0.25) is 15.1 Å². The molecule has 0 radical (unpaired) electrons. The van der Waals surface area contributed by atoms with Crippen LogP contribution in [0.2, 0.25) is 0 Å². The highest BCUT2D eigenvalue weighted by Gasteiger charge is 2.42. The molecule has 2 saturated heterocycles. The highest BCUT2D eigenvalue weighted by molar-refractivity contribution is 5.93. The van der Waals surface area contributed by atoms with E-state index in [1.54, 1.807) is 0 Å². The number of amides is 1. The molecule has 1 amide bonds. The molecule has 0 aliphatic carbocycles. The summed E-state index contributed by atoms with van der Waals surface area (Å²) in [5, 5.41) is 6.52. The molecule has 25 heavy (non-hydrogen) atoms. The van der Waals surface area contributed by atoms with Crippen molar-refractivity contribution in [2.45, 2.75) is 51.0 Å². The summed E-state index contributed by atoms with van der Waals surface area (Å²) in [7, 11) is 1.92. The van der Waals surface area contributed by atoms with Gasteiger partial charge in [0.05, 0.1) is 12.0 Å². The monoisotopic (exact) mass is 342 g/mol. The molecule has 3 aliphatic heterocycles. The lowest BCUT2D eigenvalue weighted by molar-refractivity contribution is -0.128. The molecule has 3 atom stereocenters. The first-order valence-electron chi connectivity index (χ1n) is 9.16. The fourth-order valence-corrected chi connectivity index (χ4v) is 3.90. The van der Waals surface area contributed by atoms with Gasteiger partial charge in [0.1, 0.15) is 18.0 Å². The minimum absolute atomic E-state index is 0.0515. The van der Waals surface area contributed by atoms with Gasteiger partial charge >= 0.3 is 0 Å². The number of rotatable bonds is 4. The molecule has 3 unspecified atom stereocenters. The summed E-state index contributed by atoms with van der Waals surface area (Å²) >= 11 is 0. The van der Waals surface area contributed by atoms with E-state index in [-0.39, 0.29) is 24.3 Å². The number of pyridine rings is 1. The second kappa shape index (κ2) is 6.63. The van der Waals surface area contributed by atoms with Crippen molar-refractivity contribution in [2.24, 2.45) is 4.99 Å². The van der Waals surface area contributed by atoms with Crippen LogP contribution >= 0.6 is 0 Å². The van der Waals surface area contributed by atoms with E-state index in [9.17, 15) is 4.79 Å². The molecule has 1 aromatic heterocycles. The number of aryl methyl sites for hydroxylation is 1. The maximum absolute atomic E-state index is 12.4. The predicted octanol–water partition coefficient (Wildman–Crippen LogP) is 0.718. The van der Waals surface area contributed by atoms with Crippen molar-refractivity contribution in [1.29, 1.82) is 0 Å². The number of hydrogen-bond donors (Lipinski definition) is 2. The fraction of sp³-hybridized carbons (Fsp3) is 0.611. The van der Waals surface area contributed by atoms with Gasteiger partial charge in [0.25, 0.3) is 0 Å². The summed E-state index contributed by atoms with van der Waals surface area (Å²) in [6.45, 7) is 4.14. The molecule has 0 saturated carbocycles. The summed E-state index contributed by atoms with van der Waals surface area (Å²) < 4.78 is 0. The Labute approximate surface area is 148 Å². The second-order valence-corrected chi connectivity index (χ2v) is 7.12. The molecule has 2 N–H and O–H groups in total. The lowest BCUT2D eigenvalue weighted by Gasteiger charge is -2.35. The van der Waals surface area contributed by atoms with Crippen LogP contribution in [-0.2, 0) is 11.2 Å². The third kappa shape index (κ3) is 3.20. The van der Waals surface area contributed by atoms with Gasteiger partial charge in [-0.05, 0) is 44.7 Å². The molecule has 7 heteroatoms. The van der Waals surface area contributed by atoms with Crippen LogP contribution < -0.4 is 15.5 Å². The van der Waals surface area contributed by atoms with E-state index in [0.29, 0.717) is 0 Å². The van der Waals surface area contributed by atoms with Crippen molar-refractivity contribution in [2.75, 3.05) is 25.0 Å². The molecule has 134 valence electrons. The third-order valence-corrected chi connectivity index (χ3v) is 5.42.